The average Bonchev–Trinajstić information content (AvgIpc) is 2.93. The lowest BCUT2D eigenvalue weighted by molar-refractivity contribution is 0.102. The van der Waals surface area contributed by atoms with Crippen molar-refractivity contribution in [2.45, 2.75) is 32.6 Å². The number of nitrogens with zero attached hydrogens (tertiary/aromatic N) is 1. The van der Waals surface area contributed by atoms with Crippen LogP contribution in [0.5, 0.6) is 11.5 Å². The molecule has 0 atom stereocenters. The Morgan fingerprint density at radius 2 is 1.81 bits per heavy atom. The van der Waals surface area contributed by atoms with Crippen molar-refractivity contribution in [3.8, 4) is 22.6 Å². The molecule has 0 spiro atoms. The summed E-state index contributed by atoms with van der Waals surface area (Å²) in [5.41, 5.74) is 3.17. The molecule has 192 valence electrons. The number of aldehydes is 1. The van der Waals surface area contributed by atoms with Gasteiger partial charge in [0, 0.05) is 5.56 Å². The third kappa shape index (κ3) is 7.23. The molecular weight excluding hydrogens is 463 g/mol. The van der Waals surface area contributed by atoms with E-state index in [1.54, 1.807) is 18.2 Å². The van der Waals surface area contributed by atoms with Crippen molar-refractivity contribution in [1.29, 1.82) is 0 Å². The van der Waals surface area contributed by atoms with Gasteiger partial charge in [-0.2, -0.15) is 0 Å². The van der Waals surface area contributed by atoms with Crippen molar-refractivity contribution in [3.05, 3.63) is 77.9 Å². The second-order valence-electron chi connectivity index (χ2n) is 9.66. The minimum atomic E-state index is -0.343. The number of nitrogens with one attached hydrogen (secondary N) is 1. The third-order valence-corrected chi connectivity index (χ3v) is 6.81. The summed E-state index contributed by atoms with van der Waals surface area (Å²) < 4.78 is 12.1. The summed E-state index contributed by atoms with van der Waals surface area (Å²) in [6.07, 6.45) is 4.85. The van der Waals surface area contributed by atoms with E-state index < -0.39 is 0 Å². The number of unbranched alkanes of at least 4 members (excludes halogenated alkanes) is 1. The molecule has 1 heterocycles. The highest BCUT2D eigenvalue weighted by atomic mass is 16.5. The summed E-state index contributed by atoms with van der Waals surface area (Å²) in [5.74, 6) is 1.31. The quantitative estimate of drug-likeness (QED) is 0.223. The van der Waals surface area contributed by atoms with Gasteiger partial charge in [-0.1, -0.05) is 49.7 Å². The first-order chi connectivity index (χ1) is 18.1. The summed E-state index contributed by atoms with van der Waals surface area (Å²) in [4.78, 5) is 27.6. The lowest BCUT2D eigenvalue weighted by atomic mass is 9.96. The van der Waals surface area contributed by atoms with Gasteiger partial charge in [-0.3, -0.25) is 9.59 Å². The largest absolute Gasteiger partial charge is 0.493 e. The van der Waals surface area contributed by atoms with E-state index in [9.17, 15) is 9.59 Å². The highest BCUT2D eigenvalue weighted by Gasteiger charge is 2.19. The van der Waals surface area contributed by atoms with Crippen LogP contribution in [-0.4, -0.2) is 51.3 Å². The van der Waals surface area contributed by atoms with Crippen LogP contribution in [0, 0.1) is 5.92 Å². The molecule has 7 heteroatoms. The Labute approximate surface area is 220 Å². The Kier molecular flexibility index (Phi) is 9.38. The zero-order valence-electron chi connectivity index (χ0n) is 21.7. The number of anilines is 1. The van der Waals surface area contributed by atoms with Crippen molar-refractivity contribution < 1.29 is 19.1 Å². The minimum absolute atomic E-state index is 0.343. The Bertz CT molecular complexity index is 1190. The molecule has 4 rings (SSSR count). The highest BCUT2D eigenvalue weighted by molar-refractivity contribution is 6.08. The molecule has 1 amide bonds. The van der Waals surface area contributed by atoms with Gasteiger partial charge in [-0.15, -0.1) is 0 Å². The first kappa shape index (κ1) is 26.5. The van der Waals surface area contributed by atoms with E-state index in [4.69, 9.17) is 9.47 Å². The van der Waals surface area contributed by atoms with E-state index in [2.05, 4.69) is 25.0 Å². The maximum Gasteiger partial charge on any atom is 0.259 e. The average molecular weight is 498 g/mol. The number of rotatable bonds is 11. The van der Waals surface area contributed by atoms with Gasteiger partial charge in [0.15, 0.2) is 14.3 Å². The van der Waals surface area contributed by atoms with Crippen LogP contribution >= 0.6 is 0 Å². The molecule has 6 nitrogen and oxygen atoms in total. The van der Waals surface area contributed by atoms with Gasteiger partial charge in [-0.25, -0.2) is 0 Å². The molecule has 1 aliphatic heterocycles. The van der Waals surface area contributed by atoms with Gasteiger partial charge in [0.2, 0.25) is 0 Å². The Balaban J connectivity index is 1.55. The molecule has 1 aliphatic rings. The molecule has 0 unspecified atom stereocenters. The van der Waals surface area contributed by atoms with Crippen LogP contribution in [0.15, 0.2) is 66.7 Å². The van der Waals surface area contributed by atoms with Crippen LogP contribution in [0.3, 0.4) is 0 Å². The standard InChI is InChI=1S/C30H35BN2O4/c1-2-3-17-36-29-12-11-26(37-21-22-13-15-33(31)16-14-22)19-27(29)30(35)32-28-18-24(9-10-25(28)20-34)23-7-5-4-6-8-23/h4-12,18-20,22H,2-3,13-17,21,31H2,1H3,(H,32,35). The molecule has 0 aliphatic carbocycles. The fourth-order valence-electron chi connectivity index (χ4n) is 4.44. The van der Waals surface area contributed by atoms with E-state index in [1.165, 1.54) is 0 Å². The summed E-state index contributed by atoms with van der Waals surface area (Å²) in [5, 5.41) is 2.95. The number of hydrogen-bond donors (Lipinski definition) is 1. The van der Waals surface area contributed by atoms with Crippen LogP contribution in [0.4, 0.5) is 5.69 Å². The fourth-order valence-corrected chi connectivity index (χ4v) is 4.44. The van der Waals surface area contributed by atoms with E-state index >= 15 is 0 Å². The molecule has 0 bridgehead atoms. The zero-order valence-corrected chi connectivity index (χ0v) is 21.7. The van der Waals surface area contributed by atoms with Crippen molar-refractivity contribution >= 4 is 25.9 Å². The number of hydrogen-bond acceptors (Lipinski definition) is 5. The normalized spacial score (nSPS) is 14.2. The fraction of sp³-hybridized carbons (Fsp3) is 0.333. The van der Waals surface area contributed by atoms with Crippen molar-refractivity contribution in [2.75, 3.05) is 31.6 Å². The first-order valence-corrected chi connectivity index (χ1v) is 13.1. The molecule has 3 aromatic rings. The van der Waals surface area contributed by atoms with Crippen LogP contribution in [0.2, 0.25) is 0 Å². The predicted octanol–water partition coefficient (Wildman–Crippen LogP) is 5.24. The van der Waals surface area contributed by atoms with Gasteiger partial charge in [0.1, 0.15) is 11.5 Å². The van der Waals surface area contributed by atoms with Crippen molar-refractivity contribution in [3.63, 3.8) is 0 Å². The van der Waals surface area contributed by atoms with Gasteiger partial charge >= 0.3 is 0 Å². The Morgan fingerprint density at radius 3 is 2.54 bits per heavy atom. The molecule has 3 aromatic carbocycles. The topological polar surface area (TPSA) is 67.9 Å². The maximum absolute atomic E-state index is 13.5. The molecule has 37 heavy (non-hydrogen) atoms. The first-order valence-electron chi connectivity index (χ1n) is 13.1. The molecule has 0 aromatic heterocycles. The molecule has 1 fully saturated rings. The van der Waals surface area contributed by atoms with E-state index in [-0.39, 0.29) is 5.91 Å². The Morgan fingerprint density at radius 1 is 1.03 bits per heavy atom. The summed E-state index contributed by atoms with van der Waals surface area (Å²) >= 11 is 0. The highest BCUT2D eigenvalue weighted by Crippen LogP contribution is 2.29. The number of ether oxygens (including phenoxy) is 2. The Hall–Kier alpha value is -3.58. The van der Waals surface area contributed by atoms with E-state index in [1.807, 2.05) is 48.5 Å². The van der Waals surface area contributed by atoms with Crippen LogP contribution in [-0.2, 0) is 0 Å². The van der Waals surface area contributed by atoms with E-state index in [0.29, 0.717) is 47.4 Å². The number of carbonyl (C=O) groups is 2. The van der Waals surface area contributed by atoms with Gasteiger partial charge in [0.05, 0.1) is 24.5 Å². The molecule has 0 saturated carbocycles. The SMILES string of the molecule is BN1CCC(COc2ccc(OCCCC)c(C(=O)Nc3cc(-c4ccccc4)ccc3C=O)c2)CC1. The summed E-state index contributed by atoms with van der Waals surface area (Å²) in [6.45, 7) is 5.40. The van der Waals surface area contributed by atoms with Gasteiger partial charge < -0.3 is 19.6 Å². The van der Waals surface area contributed by atoms with E-state index in [0.717, 1.165) is 56.2 Å². The number of amides is 1. The molecule has 0 radical (unpaired) electrons. The van der Waals surface area contributed by atoms with Crippen molar-refractivity contribution in [2.24, 2.45) is 5.92 Å². The maximum atomic E-state index is 13.5. The van der Waals surface area contributed by atoms with Crippen LogP contribution in [0.1, 0.15) is 53.3 Å². The third-order valence-electron chi connectivity index (χ3n) is 6.81. The minimum Gasteiger partial charge on any atom is -0.493 e. The second-order valence-corrected chi connectivity index (χ2v) is 9.66. The monoisotopic (exact) mass is 498 g/mol. The van der Waals surface area contributed by atoms with Crippen LogP contribution in [0.25, 0.3) is 11.1 Å². The summed E-state index contributed by atoms with van der Waals surface area (Å²) in [6, 6.07) is 20.7. The number of benzene rings is 3. The number of carbonyl (C=O) groups excluding carboxylic acids is 2. The molecular formula is C30H35BN2O4. The predicted molar refractivity (Wildman–Crippen MR) is 150 cm³/mol. The smallest absolute Gasteiger partial charge is 0.259 e. The second kappa shape index (κ2) is 13.1. The lowest BCUT2D eigenvalue weighted by Gasteiger charge is -2.29. The van der Waals surface area contributed by atoms with Crippen molar-refractivity contribution in [1.82, 2.24) is 4.81 Å². The van der Waals surface area contributed by atoms with Gasteiger partial charge in [-0.05, 0) is 79.7 Å². The van der Waals surface area contributed by atoms with Crippen LogP contribution < -0.4 is 14.8 Å². The zero-order chi connectivity index (χ0) is 26.0. The molecule has 1 N–H and O–H groups in total. The van der Waals surface area contributed by atoms with Gasteiger partial charge in [0.25, 0.3) is 5.91 Å². The number of piperidine rings is 1. The summed E-state index contributed by atoms with van der Waals surface area (Å²) in [7, 11) is 2.14. The molecule has 1 saturated heterocycles. The lowest BCUT2D eigenvalue weighted by Crippen LogP contribution is -2.33.